The summed E-state index contributed by atoms with van der Waals surface area (Å²) in [6.45, 7) is 3.74. The highest BCUT2D eigenvalue weighted by Crippen LogP contribution is 2.39. The lowest BCUT2D eigenvalue weighted by Gasteiger charge is -2.22. The van der Waals surface area contributed by atoms with Gasteiger partial charge in [0.05, 0.1) is 18.7 Å². The van der Waals surface area contributed by atoms with Gasteiger partial charge in [-0.3, -0.25) is 0 Å². The number of fused-ring (bicyclic) bond motifs is 1. The number of methoxy groups -OCH3 is 2. The Morgan fingerprint density at radius 2 is 1.65 bits per heavy atom. The van der Waals surface area contributed by atoms with Crippen LogP contribution in [-0.2, 0) is 9.47 Å². The van der Waals surface area contributed by atoms with E-state index in [1.54, 1.807) is 14.2 Å². The fourth-order valence-corrected chi connectivity index (χ4v) is 3.49. The van der Waals surface area contributed by atoms with Crippen LogP contribution in [-0.4, -0.2) is 50.6 Å². The number of hydrogen-bond donors (Lipinski definition) is 0. The quantitative estimate of drug-likeness (QED) is 0.270. The molecular weight excluding hydrogens is 413 g/mol. The van der Waals surface area contributed by atoms with Crippen LogP contribution in [0.5, 0.6) is 11.5 Å². The van der Waals surface area contributed by atoms with Gasteiger partial charge in [-0.05, 0) is 40.1 Å². The molecule has 3 aromatic rings. The maximum atomic E-state index is 5.92. The molecule has 0 aliphatic carbocycles. The summed E-state index contributed by atoms with van der Waals surface area (Å²) in [6.07, 6.45) is 7.12. The minimum Gasteiger partial charge on any atom is -0.487 e. The Morgan fingerprint density at radius 1 is 0.968 bits per heavy atom. The summed E-state index contributed by atoms with van der Waals surface area (Å²) in [5.74, 6) is 4.56. The number of anilines is 2. The Balaban J connectivity index is 2.06. The maximum Gasteiger partial charge on any atom is 0.163 e. The topological polar surface area (TPSA) is 65.9 Å². The second-order valence-electron chi connectivity index (χ2n) is 6.71. The minimum absolute atomic E-state index is 0.388. The highest BCUT2D eigenvalue weighted by molar-refractivity contribution is 7.20. The van der Waals surface area contributed by atoms with Crippen LogP contribution < -0.4 is 14.1 Å². The predicted molar refractivity (Wildman–Crippen MR) is 125 cm³/mol. The summed E-state index contributed by atoms with van der Waals surface area (Å²) in [5.41, 5.74) is 3.53. The third kappa shape index (κ3) is 5.42. The molecule has 1 unspecified atom stereocenters. The van der Waals surface area contributed by atoms with Gasteiger partial charge in [-0.2, -0.15) is 0 Å². The average Bonchev–Trinajstić information content (AvgIpc) is 2.79. The van der Waals surface area contributed by atoms with Crippen molar-refractivity contribution < 1.29 is 18.9 Å². The number of nitrogens with zero attached hydrogens (tertiary/aromatic N) is 3. The highest BCUT2D eigenvalue weighted by Gasteiger charge is 2.17. The lowest BCUT2D eigenvalue weighted by Crippen LogP contribution is -2.10. The molecule has 0 aliphatic heterocycles. The summed E-state index contributed by atoms with van der Waals surface area (Å²) >= 11 is 0. The molecule has 0 fully saturated rings. The number of ether oxygens (including phenoxy) is 4. The normalized spacial score (nSPS) is 10.7. The highest BCUT2D eigenvalue weighted by atomic mass is 31.0. The molecular formula is C23H26N3O4P. The molecule has 1 heterocycles. The molecule has 31 heavy (non-hydrogen) atoms. The number of benzene rings is 2. The molecule has 1 aromatic heterocycles. The van der Waals surface area contributed by atoms with Crippen LogP contribution in [0.15, 0.2) is 36.7 Å². The molecule has 0 spiro atoms. The first kappa shape index (κ1) is 22.8. The Kier molecular flexibility index (Phi) is 8.02. The van der Waals surface area contributed by atoms with Crippen LogP contribution in [0.25, 0.3) is 10.9 Å². The molecule has 162 valence electrons. The van der Waals surface area contributed by atoms with E-state index in [0.29, 0.717) is 43.7 Å². The summed E-state index contributed by atoms with van der Waals surface area (Å²) in [4.78, 5) is 8.95. The van der Waals surface area contributed by atoms with Crippen LogP contribution in [0.2, 0.25) is 0 Å². The fourth-order valence-electron chi connectivity index (χ4n) is 3.01. The van der Waals surface area contributed by atoms with Gasteiger partial charge in [0.15, 0.2) is 11.5 Å². The van der Waals surface area contributed by atoms with Crippen LogP contribution in [0, 0.1) is 19.3 Å². The van der Waals surface area contributed by atoms with E-state index in [-0.39, 0.29) is 0 Å². The van der Waals surface area contributed by atoms with Gasteiger partial charge in [-0.25, -0.2) is 9.97 Å². The Labute approximate surface area is 184 Å². The molecule has 0 saturated heterocycles. The fraction of sp³-hybridized carbons (Fsp3) is 0.304. The number of aryl methyl sites for hydroxylation is 1. The monoisotopic (exact) mass is 439 g/mol. The lowest BCUT2D eigenvalue weighted by atomic mass is 10.1. The van der Waals surface area contributed by atoms with Crippen LogP contribution >= 0.6 is 9.39 Å². The third-order valence-corrected chi connectivity index (χ3v) is 5.16. The number of terminal acetylenes is 1. The van der Waals surface area contributed by atoms with E-state index in [2.05, 4.69) is 25.3 Å². The van der Waals surface area contributed by atoms with Crippen molar-refractivity contribution in [2.24, 2.45) is 0 Å². The molecule has 8 heteroatoms. The zero-order valence-electron chi connectivity index (χ0n) is 17.9. The average molecular weight is 439 g/mol. The van der Waals surface area contributed by atoms with E-state index in [4.69, 9.17) is 25.4 Å². The standard InChI is InChI=1S/C23H26N3O4P/c1-5-17-7-6-16(2)20(12-17)26(31)23-18-13-21(29-10-8-27-3)22(30-11-9-28-4)14-19(18)24-15-25-23/h1,6-7,12-15H,8-11,31H2,2-4H3. The van der Waals surface area contributed by atoms with E-state index >= 15 is 0 Å². The molecule has 0 N–H and O–H groups in total. The predicted octanol–water partition coefficient (Wildman–Crippen LogP) is 3.90. The molecule has 0 bridgehead atoms. The number of rotatable bonds is 10. The lowest BCUT2D eigenvalue weighted by molar-refractivity contribution is 0.132. The second-order valence-corrected chi connectivity index (χ2v) is 7.23. The number of aromatic nitrogens is 2. The SMILES string of the molecule is C#Cc1ccc(C)c(N(P)c2ncnc3cc(OCCOC)c(OCCOC)cc23)c1. The Morgan fingerprint density at radius 3 is 2.29 bits per heavy atom. The molecule has 0 amide bonds. The van der Waals surface area contributed by atoms with Crippen molar-refractivity contribution >= 4 is 31.8 Å². The van der Waals surface area contributed by atoms with Gasteiger partial charge < -0.3 is 23.6 Å². The van der Waals surface area contributed by atoms with E-state index in [1.807, 2.05) is 41.9 Å². The first-order chi connectivity index (χ1) is 15.1. The molecule has 0 saturated carbocycles. The van der Waals surface area contributed by atoms with Crippen LogP contribution in [0.1, 0.15) is 11.1 Å². The summed E-state index contributed by atoms with van der Waals surface area (Å²) in [6, 6.07) is 9.60. The van der Waals surface area contributed by atoms with Crippen molar-refractivity contribution in [1.82, 2.24) is 9.97 Å². The van der Waals surface area contributed by atoms with Crippen molar-refractivity contribution in [3.05, 3.63) is 47.8 Å². The van der Waals surface area contributed by atoms with Crippen LogP contribution in [0.4, 0.5) is 11.5 Å². The second kappa shape index (κ2) is 10.9. The van der Waals surface area contributed by atoms with Gasteiger partial charge in [-0.1, -0.05) is 12.0 Å². The van der Waals surface area contributed by atoms with Gasteiger partial charge in [-0.15, -0.1) is 6.42 Å². The van der Waals surface area contributed by atoms with Gasteiger partial charge in [0, 0.05) is 36.9 Å². The minimum atomic E-state index is 0.388. The van der Waals surface area contributed by atoms with Crippen molar-refractivity contribution in [3.8, 4) is 23.8 Å². The zero-order chi connectivity index (χ0) is 22.2. The van der Waals surface area contributed by atoms with Crippen molar-refractivity contribution in [2.45, 2.75) is 6.92 Å². The van der Waals surface area contributed by atoms with Gasteiger partial charge >= 0.3 is 0 Å². The van der Waals surface area contributed by atoms with E-state index < -0.39 is 0 Å². The summed E-state index contributed by atoms with van der Waals surface area (Å²) in [5, 5.41) is 0.814. The zero-order valence-corrected chi connectivity index (χ0v) is 19.1. The summed E-state index contributed by atoms with van der Waals surface area (Å²) in [7, 11) is 5.97. The number of hydrogen-bond acceptors (Lipinski definition) is 7. The Hall–Kier alpha value is -2.91. The largest absolute Gasteiger partial charge is 0.487 e. The van der Waals surface area contributed by atoms with Gasteiger partial charge in [0.2, 0.25) is 0 Å². The van der Waals surface area contributed by atoms with Gasteiger partial charge in [0.25, 0.3) is 0 Å². The van der Waals surface area contributed by atoms with E-state index in [9.17, 15) is 0 Å². The van der Waals surface area contributed by atoms with Gasteiger partial charge in [0.1, 0.15) is 25.4 Å². The molecule has 0 aliphatic rings. The summed E-state index contributed by atoms with van der Waals surface area (Å²) < 4.78 is 23.9. The first-order valence-corrected chi connectivity index (χ1v) is 10.2. The first-order valence-electron chi connectivity index (χ1n) is 9.73. The van der Waals surface area contributed by atoms with Crippen molar-refractivity contribution in [3.63, 3.8) is 0 Å². The maximum absolute atomic E-state index is 5.92. The third-order valence-electron chi connectivity index (χ3n) is 4.63. The molecule has 1 atom stereocenters. The van der Waals surface area contributed by atoms with E-state index in [0.717, 1.165) is 27.7 Å². The van der Waals surface area contributed by atoms with Crippen molar-refractivity contribution in [2.75, 3.05) is 45.3 Å². The van der Waals surface area contributed by atoms with Crippen molar-refractivity contribution in [1.29, 1.82) is 0 Å². The van der Waals surface area contributed by atoms with Crippen LogP contribution in [0.3, 0.4) is 0 Å². The van der Waals surface area contributed by atoms with E-state index in [1.165, 1.54) is 6.33 Å². The molecule has 0 radical (unpaired) electrons. The molecule has 3 rings (SSSR count). The Bertz CT molecular complexity index is 1080. The smallest absolute Gasteiger partial charge is 0.163 e. The molecule has 7 nitrogen and oxygen atoms in total. The molecule has 2 aromatic carbocycles.